The van der Waals surface area contributed by atoms with Crippen molar-refractivity contribution in [3.63, 3.8) is 0 Å². The van der Waals surface area contributed by atoms with Crippen molar-refractivity contribution < 1.29 is 9.47 Å². The Morgan fingerprint density at radius 3 is 2.44 bits per heavy atom. The third-order valence-electron chi connectivity index (χ3n) is 2.25. The van der Waals surface area contributed by atoms with Gasteiger partial charge in [0.1, 0.15) is 11.5 Å². The molecule has 0 aliphatic heterocycles. The van der Waals surface area contributed by atoms with Crippen LogP contribution in [0.4, 0.5) is 0 Å². The summed E-state index contributed by atoms with van der Waals surface area (Å²) in [5, 5.41) is 0. The van der Waals surface area contributed by atoms with Gasteiger partial charge in [-0.3, -0.25) is 0 Å². The van der Waals surface area contributed by atoms with Gasteiger partial charge >= 0.3 is 0 Å². The number of hydrogen-bond acceptors (Lipinski definition) is 2. The maximum absolute atomic E-state index is 5.32. The molecule has 0 N–H and O–H groups in total. The van der Waals surface area contributed by atoms with Gasteiger partial charge in [-0.2, -0.15) is 0 Å². The first-order valence-electron chi connectivity index (χ1n) is 5.03. The highest BCUT2D eigenvalue weighted by atomic mass is 79.9. The molecule has 0 amide bonds. The second-order valence-corrected chi connectivity index (χ2v) is 4.08. The van der Waals surface area contributed by atoms with Crippen LogP contribution in [0.15, 0.2) is 16.6 Å². The molecule has 0 aromatic heterocycles. The third kappa shape index (κ3) is 3.18. The lowest BCUT2D eigenvalue weighted by molar-refractivity contribution is 0.389. The van der Waals surface area contributed by atoms with Crippen molar-refractivity contribution in [2.45, 2.75) is 19.8 Å². The van der Waals surface area contributed by atoms with E-state index in [-0.39, 0.29) is 0 Å². The molecule has 0 unspecified atom stereocenters. The summed E-state index contributed by atoms with van der Waals surface area (Å²) in [7, 11) is 3.31. The lowest BCUT2D eigenvalue weighted by atomic mass is 10.1. The summed E-state index contributed by atoms with van der Waals surface area (Å²) in [5.41, 5.74) is 1.14. The molecule has 0 bridgehead atoms. The lowest BCUT2D eigenvalue weighted by Gasteiger charge is -2.11. The molecule has 0 saturated carbocycles. The fraction of sp³-hybridized carbons (Fsp3) is 0.385. The molecule has 1 aromatic carbocycles. The van der Waals surface area contributed by atoms with Crippen LogP contribution >= 0.6 is 15.9 Å². The minimum absolute atomic E-state index is 0.780. The SMILES string of the molecule is CC#CCCc1cc(Br)c(OC)cc1OC. The molecular formula is C13H15BrO2. The van der Waals surface area contributed by atoms with Crippen LogP contribution in [-0.4, -0.2) is 14.2 Å². The van der Waals surface area contributed by atoms with Crippen LogP contribution in [0, 0.1) is 11.8 Å². The molecule has 0 fully saturated rings. The summed E-state index contributed by atoms with van der Waals surface area (Å²) in [4.78, 5) is 0. The minimum Gasteiger partial charge on any atom is -0.496 e. The number of rotatable bonds is 4. The largest absolute Gasteiger partial charge is 0.496 e. The van der Waals surface area contributed by atoms with E-state index in [4.69, 9.17) is 9.47 Å². The summed E-state index contributed by atoms with van der Waals surface area (Å²) in [6, 6.07) is 3.91. The van der Waals surface area contributed by atoms with Crippen LogP contribution in [0.3, 0.4) is 0 Å². The molecular weight excluding hydrogens is 268 g/mol. The van der Waals surface area contributed by atoms with Crippen molar-refractivity contribution in [1.29, 1.82) is 0 Å². The molecule has 0 aliphatic rings. The predicted molar refractivity (Wildman–Crippen MR) is 69.0 cm³/mol. The lowest BCUT2D eigenvalue weighted by Crippen LogP contribution is -1.94. The monoisotopic (exact) mass is 282 g/mol. The first-order chi connectivity index (χ1) is 7.72. The van der Waals surface area contributed by atoms with E-state index >= 15 is 0 Å². The molecule has 1 rings (SSSR count). The maximum atomic E-state index is 5.32. The van der Waals surface area contributed by atoms with Crippen LogP contribution in [0.2, 0.25) is 0 Å². The average Bonchev–Trinajstić information content (AvgIpc) is 2.30. The highest BCUT2D eigenvalue weighted by Gasteiger charge is 2.08. The molecule has 3 heteroatoms. The number of halogens is 1. The second-order valence-electron chi connectivity index (χ2n) is 3.23. The normalized spacial score (nSPS) is 9.25. The molecule has 86 valence electrons. The summed E-state index contributed by atoms with van der Waals surface area (Å²) >= 11 is 3.46. The Bertz CT molecular complexity index is 416. The van der Waals surface area contributed by atoms with Gasteiger partial charge in [-0.15, -0.1) is 11.8 Å². The van der Waals surface area contributed by atoms with Crippen LogP contribution in [0.5, 0.6) is 11.5 Å². The molecule has 0 aliphatic carbocycles. The summed E-state index contributed by atoms with van der Waals surface area (Å²) < 4.78 is 11.5. The third-order valence-corrected chi connectivity index (χ3v) is 2.87. The standard InChI is InChI=1S/C13H15BrO2/c1-4-5-6-7-10-8-11(14)13(16-3)9-12(10)15-2/h8-9H,6-7H2,1-3H3. The van der Waals surface area contributed by atoms with E-state index in [1.165, 1.54) is 0 Å². The van der Waals surface area contributed by atoms with Crippen molar-refractivity contribution >= 4 is 15.9 Å². The Hall–Kier alpha value is -1.14. The molecule has 0 radical (unpaired) electrons. The highest BCUT2D eigenvalue weighted by Crippen LogP contribution is 2.33. The average molecular weight is 283 g/mol. The van der Waals surface area contributed by atoms with Gasteiger partial charge in [0.15, 0.2) is 0 Å². The van der Waals surface area contributed by atoms with E-state index in [2.05, 4.69) is 27.8 Å². The van der Waals surface area contributed by atoms with Gasteiger partial charge in [0.2, 0.25) is 0 Å². The minimum atomic E-state index is 0.780. The van der Waals surface area contributed by atoms with Crippen molar-refractivity contribution in [1.82, 2.24) is 0 Å². The van der Waals surface area contributed by atoms with E-state index in [1.807, 2.05) is 19.1 Å². The number of methoxy groups -OCH3 is 2. The van der Waals surface area contributed by atoms with Gasteiger partial charge < -0.3 is 9.47 Å². The van der Waals surface area contributed by atoms with Crippen molar-refractivity contribution in [2.75, 3.05) is 14.2 Å². The summed E-state index contributed by atoms with van der Waals surface area (Å²) in [6.07, 6.45) is 1.72. The molecule has 2 nitrogen and oxygen atoms in total. The Morgan fingerprint density at radius 1 is 1.19 bits per heavy atom. The Labute approximate surface area is 105 Å². The Kier molecular flexibility index (Phi) is 5.21. The number of benzene rings is 1. The van der Waals surface area contributed by atoms with Crippen LogP contribution in [0.1, 0.15) is 18.9 Å². The molecule has 1 aromatic rings. The zero-order valence-corrected chi connectivity index (χ0v) is 11.3. The summed E-state index contributed by atoms with van der Waals surface area (Å²) in [6.45, 7) is 1.85. The van der Waals surface area contributed by atoms with Crippen molar-refractivity contribution in [3.05, 3.63) is 22.2 Å². The van der Waals surface area contributed by atoms with Gasteiger partial charge in [-0.1, -0.05) is 0 Å². The quantitative estimate of drug-likeness (QED) is 0.788. The van der Waals surface area contributed by atoms with E-state index in [9.17, 15) is 0 Å². The van der Waals surface area contributed by atoms with Crippen LogP contribution in [0.25, 0.3) is 0 Å². The van der Waals surface area contributed by atoms with Gasteiger partial charge in [0, 0.05) is 12.5 Å². The molecule has 0 spiro atoms. The first kappa shape index (κ1) is 12.9. The Morgan fingerprint density at radius 2 is 1.88 bits per heavy atom. The predicted octanol–water partition coefficient (Wildman–Crippen LogP) is 3.42. The van der Waals surface area contributed by atoms with E-state index in [1.54, 1.807) is 14.2 Å². The van der Waals surface area contributed by atoms with Crippen LogP contribution < -0.4 is 9.47 Å². The fourth-order valence-electron chi connectivity index (χ4n) is 1.44. The first-order valence-corrected chi connectivity index (χ1v) is 5.82. The number of aryl methyl sites for hydroxylation is 1. The van der Waals surface area contributed by atoms with Crippen molar-refractivity contribution in [2.24, 2.45) is 0 Å². The van der Waals surface area contributed by atoms with Gasteiger partial charge in [-0.05, 0) is 40.9 Å². The smallest absolute Gasteiger partial charge is 0.136 e. The van der Waals surface area contributed by atoms with E-state index in [0.29, 0.717) is 0 Å². The number of ether oxygens (including phenoxy) is 2. The highest BCUT2D eigenvalue weighted by molar-refractivity contribution is 9.10. The van der Waals surface area contributed by atoms with Gasteiger partial charge in [-0.25, -0.2) is 0 Å². The van der Waals surface area contributed by atoms with E-state index < -0.39 is 0 Å². The fourth-order valence-corrected chi connectivity index (χ4v) is 1.99. The van der Waals surface area contributed by atoms with Crippen molar-refractivity contribution in [3.8, 4) is 23.3 Å². The molecule has 16 heavy (non-hydrogen) atoms. The Balaban J connectivity index is 2.96. The number of hydrogen-bond donors (Lipinski definition) is 0. The van der Waals surface area contributed by atoms with Crippen LogP contribution in [-0.2, 0) is 6.42 Å². The van der Waals surface area contributed by atoms with E-state index in [0.717, 1.165) is 34.4 Å². The van der Waals surface area contributed by atoms with Gasteiger partial charge in [0.25, 0.3) is 0 Å². The molecule has 0 saturated heterocycles. The zero-order chi connectivity index (χ0) is 12.0. The van der Waals surface area contributed by atoms with Gasteiger partial charge in [0.05, 0.1) is 18.7 Å². The zero-order valence-electron chi connectivity index (χ0n) is 9.76. The maximum Gasteiger partial charge on any atom is 0.136 e. The topological polar surface area (TPSA) is 18.5 Å². The second kappa shape index (κ2) is 6.44. The summed E-state index contributed by atoms with van der Waals surface area (Å²) in [5.74, 6) is 7.55. The molecule has 0 atom stereocenters. The molecule has 0 heterocycles.